The maximum Gasteiger partial charge on any atom is 2.00 e. The molecule has 0 unspecified atom stereocenters. The molecule has 0 amide bonds. The molecule has 0 rings (SSSR count). The Morgan fingerprint density at radius 1 is 1.33 bits per heavy atom. The molecule has 0 saturated heterocycles. The van der Waals surface area contributed by atoms with Gasteiger partial charge in [-0.1, -0.05) is 0 Å². The maximum atomic E-state index is 8.52. The summed E-state index contributed by atoms with van der Waals surface area (Å²) in [4.78, 5) is 0. The quantitative estimate of drug-likeness (QED) is 0.319. The largest absolute Gasteiger partial charge is 2.00 e. The van der Waals surface area contributed by atoms with Gasteiger partial charge in [-0.05, 0) is 0 Å². The summed E-state index contributed by atoms with van der Waals surface area (Å²) in [7, 11) is -5.17. The Hall–Kier alpha value is 0.402. The topological polar surface area (TPSA) is 80.3 Å². The van der Waals surface area contributed by atoms with Gasteiger partial charge in [-0.2, -0.15) is 0 Å². The molecule has 0 spiro atoms. The van der Waals surface area contributed by atoms with E-state index in [1.807, 2.05) is 0 Å². The van der Waals surface area contributed by atoms with Gasteiger partial charge in [0, 0.05) is 10.4 Å². The van der Waals surface area contributed by atoms with E-state index >= 15 is 0 Å². The summed E-state index contributed by atoms with van der Waals surface area (Å²) in [6.45, 7) is 0. The van der Waals surface area contributed by atoms with Gasteiger partial charge in [0.05, 0.1) is 0 Å². The van der Waals surface area contributed by atoms with Gasteiger partial charge in [0.15, 0.2) is 0 Å². The molecule has 6 heteroatoms. The molecule has 0 aromatic heterocycles. The zero-order valence-electron chi connectivity index (χ0n) is 3.45. The van der Waals surface area contributed by atoms with Gasteiger partial charge in [-0.15, -0.1) is 0 Å². The first-order valence-corrected chi connectivity index (χ1v) is 2.00. The summed E-state index contributed by atoms with van der Waals surface area (Å²) in [5, 5.41) is 0. The summed E-state index contributed by atoms with van der Waals surface area (Å²) in [6, 6.07) is 0. The van der Waals surface area contributed by atoms with Crippen LogP contribution >= 0.6 is 0 Å². The molecule has 0 aromatic carbocycles. The second-order valence-corrected chi connectivity index (χ2v) is 1.22. The van der Waals surface area contributed by atoms with Crippen LogP contribution in [0.1, 0.15) is 1.43 Å². The van der Waals surface area contributed by atoms with Gasteiger partial charge < -0.3 is 9.11 Å². The van der Waals surface area contributed by atoms with E-state index in [1.165, 1.54) is 0 Å². The molecule has 36 valence electrons. The minimum Gasteiger partial charge on any atom is -0.759 e. The summed E-state index contributed by atoms with van der Waals surface area (Å²) in [5.41, 5.74) is 0. The Kier molecular flexibility index (Phi) is 4.10. The van der Waals surface area contributed by atoms with Gasteiger partial charge in [0.25, 0.3) is 0 Å². The van der Waals surface area contributed by atoms with Crippen LogP contribution in [0, 0.1) is 0 Å². The van der Waals surface area contributed by atoms with Crippen LogP contribution in [-0.2, 0) is 27.8 Å². The Morgan fingerprint density at radius 2 is 1.33 bits per heavy atom. The fourth-order valence-corrected chi connectivity index (χ4v) is 0. The predicted molar refractivity (Wildman–Crippen MR) is 11.6 cm³/mol. The molecular weight excluding hydrogens is 148 g/mol. The average Bonchev–Trinajstić information content (AvgIpc) is 0.722. The molecule has 0 fully saturated rings. The van der Waals surface area contributed by atoms with Gasteiger partial charge in [0.2, 0.25) is 0 Å². The van der Waals surface area contributed by atoms with E-state index in [9.17, 15) is 0 Å². The van der Waals surface area contributed by atoms with E-state index < -0.39 is 10.4 Å². The fraction of sp³-hybridized carbons (Fsp3) is 0. The summed E-state index contributed by atoms with van der Waals surface area (Å²) in [5.74, 6) is 0. The van der Waals surface area contributed by atoms with Crippen molar-refractivity contribution < 1.29 is 36.3 Å². The van der Waals surface area contributed by atoms with Crippen LogP contribution in [0.4, 0.5) is 0 Å². The Balaban J connectivity index is -0.0000000800. The van der Waals surface area contributed by atoms with Crippen molar-refractivity contribution in [1.82, 2.24) is 0 Å². The van der Waals surface area contributed by atoms with Gasteiger partial charge in [-0.25, -0.2) is 0 Å². The molecule has 0 aliphatic rings. The Morgan fingerprint density at radius 3 is 1.33 bits per heavy atom. The molecule has 0 N–H and O–H groups in total. The molecule has 4 nitrogen and oxygen atoms in total. The maximum absolute atomic E-state index is 8.52. The van der Waals surface area contributed by atoms with Crippen molar-refractivity contribution in [2.75, 3.05) is 0 Å². The van der Waals surface area contributed by atoms with Gasteiger partial charge >= 0.3 is 18.8 Å². The zero-order chi connectivity index (χ0) is 4.50. The van der Waals surface area contributed by atoms with Crippen LogP contribution < -0.4 is 0 Å². The van der Waals surface area contributed by atoms with Gasteiger partial charge in [-0.3, -0.25) is 8.42 Å². The van der Waals surface area contributed by atoms with Crippen molar-refractivity contribution in [3.05, 3.63) is 0 Å². The van der Waals surface area contributed by atoms with Crippen LogP contribution in [0.3, 0.4) is 0 Å². The summed E-state index contributed by atoms with van der Waals surface area (Å²) < 4.78 is 34.1. The molecule has 6 heavy (non-hydrogen) atoms. The molecule has 0 aliphatic heterocycles. The standard InChI is InChI=1S/Cr.H2O4S/c;1-5(2,3)4/h;(H2,1,2,3,4)/q+2;/p-1. The smallest absolute Gasteiger partial charge is 0.759 e. The van der Waals surface area contributed by atoms with Crippen molar-refractivity contribution in [3.8, 4) is 0 Å². The first-order chi connectivity index (χ1) is 2.00. The SMILES string of the molecule is O=S(=O)([O-])[O-].[Cr+2].[H+]. The molecule has 0 bridgehead atoms. The molecule has 0 saturated carbocycles. The molecule has 0 heterocycles. The summed E-state index contributed by atoms with van der Waals surface area (Å²) >= 11 is 0. The zero-order valence-corrected chi connectivity index (χ0v) is 4.54. The van der Waals surface area contributed by atoms with E-state index in [1.54, 1.807) is 0 Å². The van der Waals surface area contributed by atoms with Crippen LogP contribution in [0.5, 0.6) is 0 Å². The van der Waals surface area contributed by atoms with Crippen LogP contribution in [-0.4, -0.2) is 17.5 Å². The third-order valence-corrected chi connectivity index (χ3v) is 0. The van der Waals surface area contributed by atoms with E-state index in [0.717, 1.165) is 0 Å². The Labute approximate surface area is 47.4 Å². The van der Waals surface area contributed by atoms with E-state index in [-0.39, 0.29) is 18.8 Å². The van der Waals surface area contributed by atoms with Crippen molar-refractivity contribution in [2.45, 2.75) is 0 Å². The van der Waals surface area contributed by atoms with E-state index in [0.29, 0.717) is 0 Å². The van der Waals surface area contributed by atoms with Crippen LogP contribution in [0.25, 0.3) is 0 Å². The minimum atomic E-state index is -5.17. The first-order valence-electron chi connectivity index (χ1n) is 0.667. The number of rotatable bonds is 0. The second-order valence-electron chi connectivity index (χ2n) is 0.408. The van der Waals surface area contributed by atoms with Gasteiger partial charge in [0.1, 0.15) is 0 Å². The Bertz CT molecular complexity index is 94.9. The van der Waals surface area contributed by atoms with E-state index in [2.05, 4.69) is 0 Å². The first kappa shape index (κ1) is 9.64. The molecule has 0 radical (unpaired) electrons. The summed E-state index contributed by atoms with van der Waals surface area (Å²) in [6.07, 6.45) is 0. The van der Waals surface area contributed by atoms with E-state index in [4.69, 9.17) is 17.5 Å². The average molecular weight is 149 g/mol. The predicted octanol–water partition coefficient (Wildman–Crippen LogP) is -1.23. The fourth-order valence-electron chi connectivity index (χ4n) is 0. The second kappa shape index (κ2) is 2.55. The molecular formula is HCrO4S+. The van der Waals surface area contributed by atoms with Crippen LogP contribution in [0.15, 0.2) is 0 Å². The minimum absolute atomic E-state index is 0. The van der Waals surface area contributed by atoms with Crippen LogP contribution in [0.2, 0.25) is 0 Å². The van der Waals surface area contributed by atoms with Crippen molar-refractivity contribution in [3.63, 3.8) is 0 Å². The normalized spacial score (nSPS) is 9.67. The number of hydrogen-bond acceptors (Lipinski definition) is 4. The monoisotopic (exact) mass is 149 g/mol. The molecule has 0 aromatic rings. The van der Waals surface area contributed by atoms with Crippen molar-refractivity contribution in [2.24, 2.45) is 0 Å². The van der Waals surface area contributed by atoms with Crippen molar-refractivity contribution in [1.29, 1.82) is 0 Å². The number of hydrogen-bond donors (Lipinski definition) is 0. The third kappa shape index (κ3) is 315. The molecule has 0 atom stereocenters. The molecule has 0 aliphatic carbocycles. The third-order valence-electron chi connectivity index (χ3n) is 0. The van der Waals surface area contributed by atoms with Crippen molar-refractivity contribution >= 4 is 10.4 Å².